The van der Waals surface area contributed by atoms with E-state index in [9.17, 15) is 0 Å². The lowest BCUT2D eigenvalue weighted by Gasteiger charge is -2.18. The molecule has 2 aromatic heterocycles. The second-order valence-corrected chi connectivity index (χ2v) is 5.04. The molecule has 2 N–H and O–H groups in total. The number of fused-ring (bicyclic) bond motifs is 1. The maximum atomic E-state index is 4.35. The second kappa shape index (κ2) is 5.46. The van der Waals surface area contributed by atoms with Gasteiger partial charge in [-0.1, -0.05) is 0 Å². The van der Waals surface area contributed by atoms with E-state index in [-0.39, 0.29) is 0 Å². The van der Waals surface area contributed by atoms with Crippen LogP contribution in [0.1, 0.15) is 18.3 Å². The molecule has 0 aromatic carbocycles. The highest BCUT2D eigenvalue weighted by molar-refractivity contribution is 5.74. The minimum atomic E-state index is 0.451. The summed E-state index contributed by atoms with van der Waals surface area (Å²) >= 11 is 0. The highest BCUT2D eigenvalue weighted by Crippen LogP contribution is 2.13. The van der Waals surface area contributed by atoms with Crippen LogP contribution in [0.15, 0.2) is 12.3 Å². The third kappa shape index (κ3) is 3.05. The molecule has 5 heteroatoms. The average Bonchev–Trinajstić information content (AvgIpc) is 2.66. The summed E-state index contributed by atoms with van der Waals surface area (Å²) in [4.78, 5) is 14.1. The Bertz CT molecular complexity index is 517. The predicted molar refractivity (Wildman–Crippen MR) is 73.5 cm³/mol. The number of pyridine rings is 1. The van der Waals surface area contributed by atoms with Crippen LogP contribution >= 0.6 is 0 Å². The number of likely N-dealkylation sites (N-methyl/N-ethyl adjacent to an activating group) is 1. The second-order valence-electron chi connectivity index (χ2n) is 5.04. The predicted octanol–water partition coefficient (Wildman–Crippen LogP) is 1.31. The minimum Gasteiger partial charge on any atom is -0.341 e. The zero-order valence-corrected chi connectivity index (χ0v) is 11.5. The van der Waals surface area contributed by atoms with E-state index >= 15 is 0 Å². The number of H-pyrrole nitrogens is 1. The molecule has 0 amide bonds. The first kappa shape index (κ1) is 13.0. The van der Waals surface area contributed by atoms with E-state index < -0.39 is 0 Å². The van der Waals surface area contributed by atoms with Crippen LogP contribution < -0.4 is 5.32 Å². The van der Waals surface area contributed by atoms with Gasteiger partial charge < -0.3 is 15.2 Å². The minimum absolute atomic E-state index is 0.451. The molecule has 1 unspecified atom stereocenters. The highest BCUT2D eigenvalue weighted by Gasteiger charge is 2.08. The Hall–Kier alpha value is -1.46. The van der Waals surface area contributed by atoms with Crippen LogP contribution in [0.5, 0.6) is 0 Å². The Kier molecular flexibility index (Phi) is 3.93. The molecule has 2 heterocycles. The molecule has 0 radical (unpaired) electrons. The van der Waals surface area contributed by atoms with Gasteiger partial charge in [-0.05, 0) is 39.6 Å². The van der Waals surface area contributed by atoms with Gasteiger partial charge in [0, 0.05) is 25.3 Å². The van der Waals surface area contributed by atoms with Crippen molar-refractivity contribution in [2.24, 2.45) is 0 Å². The molecule has 18 heavy (non-hydrogen) atoms. The number of imidazole rings is 1. The number of hydrogen-bond donors (Lipinski definition) is 2. The van der Waals surface area contributed by atoms with Crippen LogP contribution in [0.4, 0.5) is 0 Å². The maximum Gasteiger partial charge on any atom is 0.177 e. The van der Waals surface area contributed by atoms with Gasteiger partial charge in [0.1, 0.15) is 5.82 Å². The van der Waals surface area contributed by atoms with Crippen molar-refractivity contribution in [1.29, 1.82) is 0 Å². The van der Waals surface area contributed by atoms with Gasteiger partial charge in [-0.3, -0.25) is 0 Å². The van der Waals surface area contributed by atoms with E-state index in [1.165, 1.54) is 5.56 Å². The van der Waals surface area contributed by atoms with Gasteiger partial charge in [-0.2, -0.15) is 0 Å². The molecular formula is C13H21N5. The van der Waals surface area contributed by atoms with E-state index in [2.05, 4.69) is 46.2 Å². The van der Waals surface area contributed by atoms with Crippen LogP contribution in [0.3, 0.4) is 0 Å². The van der Waals surface area contributed by atoms with Crippen LogP contribution in [0, 0.1) is 6.92 Å². The van der Waals surface area contributed by atoms with Crippen molar-refractivity contribution < 1.29 is 0 Å². The molecular weight excluding hydrogens is 226 g/mol. The summed E-state index contributed by atoms with van der Waals surface area (Å²) in [5.41, 5.74) is 3.05. The first-order chi connectivity index (χ1) is 8.56. The fraction of sp³-hybridized carbons (Fsp3) is 0.538. The molecule has 0 saturated carbocycles. The van der Waals surface area contributed by atoms with E-state index in [1.807, 2.05) is 19.2 Å². The summed E-state index contributed by atoms with van der Waals surface area (Å²) in [6.07, 6.45) is 1.82. The SMILES string of the molecule is Cc1nc2nccc(CNC(C)CN(C)C)c2[nH]1. The maximum absolute atomic E-state index is 4.35. The van der Waals surface area contributed by atoms with Crippen molar-refractivity contribution in [3.63, 3.8) is 0 Å². The van der Waals surface area contributed by atoms with Crippen LogP contribution in [-0.4, -0.2) is 46.5 Å². The first-order valence-electron chi connectivity index (χ1n) is 6.24. The molecule has 0 saturated heterocycles. The van der Waals surface area contributed by atoms with E-state index in [0.29, 0.717) is 6.04 Å². The van der Waals surface area contributed by atoms with Gasteiger partial charge in [0.25, 0.3) is 0 Å². The number of aromatic amines is 1. The van der Waals surface area contributed by atoms with Crippen LogP contribution in [0.2, 0.25) is 0 Å². The number of rotatable bonds is 5. The fourth-order valence-corrected chi connectivity index (χ4v) is 2.12. The number of aryl methyl sites for hydroxylation is 1. The van der Waals surface area contributed by atoms with Crippen molar-refractivity contribution in [3.8, 4) is 0 Å². The Labute approximate surface area is 108 Å². The molecule has 2 rings (SSSR count). The molecule has 0 aliphatic rings. The zero-order chi connectivity index (χ0) is 13.1. The summed E-state index contributed by atoms with van der Waals surface area (Å²) in [5.74, 6) is 0.909. The zero-order valence-electron chi connectivity index (χ0n) is 11.5. The third-order valence-electron chi connectivity index (χ3n) is 2.88. The highest BCUT2D eigenvalue weighted by atomic mass is 15.1. The molecule has 98 valence electrons. The number of nitrogens with zero attached hydrogens (tertiary/aromatic N) is 3. The molecule has 2 aromatic rings. The van der Waals surface area contributed by atoms with Gasteiger partial charge in [0.15, 0.2) is 5.65 Å². The monoisotopic (exact) mass is 247 g/mol. The molecule has 0 aliphatic carbocycles. The Morgan fingerprint density at radius 2 is 2.22 bits per heavy atom. The lowest BCUT2D eigenvalue weighted by molar-refractivity contribution is 0.349. The van der Waals surface area contributed by atoms with Crippen molar-refractivity contribution >= 4 is 11.2 Å². The topological polar surface area (TPSA) is 56.8 Å². The smallest absolute Gasteiger partial charge is 0.177 e. The lowest BCUT2D eigenvalue weighted by Crippen LogP contribution is -2.35. The Morgan fingerprint density at radius 3 is 2.94 bits per heavy atom. The van der Waals surface area contributed by atoms with Crippen molar-refractivity contribution in [3.05, 3.63) is 23.7 Å². The standard InChI is InChI=1S/C13H21N5/c1-9(8-18(3)4)15-7-11-5-6-14-13-12(11)16-10(2)17-13/h5-6,9,15H,7-8H2,1-4H3,(H,14,16,17). The average molecular weight is 247 g/mol. The van der Waals surface area contributed by atoms with Crippen LogP contribution in [-0.2, 0) is 6.54 Å². The first-order valence-corrected chi connectivity index (χ1v) is 6.24. The van der Waals surface area contributed by atoms with Gasteiger partial charge in [0.2, 0.25) is 0 Å². The summed E-state index contributed by atoms with van der Waals surface area (Å²) in [5, 5.41) is 3.51. The number of aromatic nitrogens is 3. The summed E-state index contributed by atoms with van der Waals surface area (Å²) in [7, 11) is 4.17. The van der Waals surface area contributed by atoms with E-state index in [0.717, 1.165) is 30.1 Å². The fourth-order valence-electron chi connectivity index (χ4n) is 2.12. The number of hydrogen-bond acceptors (Lipinski definition) is 4. The third-order valence-corrected chi connectivity index (χ3v) is 2.88. The lowest BCUT2D eigenvalue weighted by atomic mass is 10.2. The van der Waals surface area contributed by atoms with Crippen molar-refractivity contribution in [2.75, 3.05) is 20.6 Å². The molecule has 5 nitrogen and oxygen atoms in total. The van der Waals surface area contributed by atoms with Gasteiger partial charge in [0.05, 0.1) is 5.52 Å². The molecule has 1 atom stereocenters. The molecule has 0 bridgehead atoms. The largest absolute Gasteiger partial charge is 0.341 e. The normalized spacial score (nSPS) is 13.4. The van der Waals surface area contributed by atoms with Gasteiger partial charge in [-0.25, -0.2) is 9.97 Å². The van der Waals surface area contributed by atoms with Crippen molar-refractivity contribution in [1.82, 2.24) is 25.2 Å². The number of nitrogens with one attached hydrogen (secondary N) is 2. The molecule has 0 fully saturated rings. The van der Waals surface area contributed by atoms with Gasteiger partial charge in [-0.15, -0.1) is 0 Å². The van der Waals surface area contributed by atoms with Gasteiger partial charge >= 0.3 is 0 Å². The summed E-state index contributed by atoms with van der Waals surface area (Å²) in [6, 6.07) is 2.49. The molecule has 0 aliphatic heterocycles. The summed E-state index contributed by atoms with van der Waals surface area (Å²) in [6.45, 7) is 6.00. The van der Waals surface area contributed by atoms with Crippen LogP contribution in [0.25, 0.3) is 11.2 Å². The quantitative estimate of drug-likeness (QED) is 0.836. The Morgan fingerprint density at radius 1 is 1.44 bits per heavy atom. The molecule has 0 spiro atoms. The van der Waals surface area contributed by atoms with E-state index in [4.69, 9.17) is 0 Å². The van der Waals surface area contributed by atoms with Crippen molar-refractivity contribution in [2.45, 2.75) is 26.4 Å². The Balaban J connectivity index is 2.07. The van der Waals surface area contributed by atoms with E-state index in [1.54, 1.807) is 0 Å². The summed E-state index contributed by atoms with van der Waals surface area (Å²) < 4.78 is 0.